The number of carbonyl (C=O) groups is 1. The second kappa shape index (κ2) is 6.68. The molecule has 4 aromatic rings. The van der Waals surface area contributed by atoms with E-state index in [9.17, 15) is 4.79 Å². The summed E-state index contributed by atoms with van der Waals surface area (Å²) in [5.74, 6) is 0.299. The molecule has 2 aromatic carbocycles. The van der Waals surface area contributed by atoms with Gasteiger partial charge in [-0.05, 0) is 60.2 Å². The minimum atomic E-state index is -0.351. The highest BCUT2D eigenvalue weighted by molar-refractivity contribution is 6.40. The van der Waals surface area contributed by atoms with Crippen molar-refractivity contribution in [2.24, 2.45) is 0 Å². The molecule has 0 atom stereocenters. The number of carbonyl (C=O) groups excluding carboxylic acids is 1. The van der Waals surface area contributed by atoms with Gasteiger partial charge in [0.15, 0.2) is 5.82 Å². The molecule has 0 saturated heterocycles. The summed E-state index contributed by atoms with van der Waals surface area (Å²) in [6.45, 7) is 3.75. The highest BCUT2D eigenvalue weighted by atomic mass is 35.5. The van der Waals surface area contributed by atoms with Crippen LogP contribution in [-0.2, 0) is 0 Å². The van der Waals surface area contributed by atoms with Crippen molar-refractivity contribution in [1.29, 1.82) is 0 Å². The van der Waals surface area contributed by atoms with E-state index >= 15 is 0 Å². The van der Waals surface area contributed by atoms with Crippen LogP contribution < -0.4 is 5.32 Å². The smallest absolute Gasteiger partial charge is 0.273 e. The zero-order valence-electron chi connectivity index (χ0n) is 14.4. The molecule has 136 valence electrons. The van der Waals surface area contributed by atoms with Crippen molar-refractivity contribution in [1.82, 2.24) is 25.2 Å². The number of amides is 1. The number of nitrogens with zero attached hydrogens (tertiary/aromatic N) is 4. The Hall–Kier alpha value is -2.90. The van der Waals surface area contributed by atoms with Gasteiger partial charge in [0.2, 0.25) is 0 Å². The number of hydrogen-bond donors (Lipinski definition) is 2. The molecule has 0 spiro atoms. The van der Waals surface area contributed by atoms with E-state index in [0.717, 1.165) is 16.8 Å². The van der Waals surface area contributed by atoms with Gasteiger partial charge in [-0.15, -0.1) is 5.10 Å². The van der Waals surface area contributed by atoms with Crippen molar-refractivity contribution in [2.75, 3.05) is 5.32 Å². The molecule has 0 unspecified atom stereocenters. The molecule has 4 rings (SSSR count). The molecule has 0 aliphatic rings. The third kappa shape index (κ3) is 3.15. The van der Waals surface area contributed by atoms with Crippen molar-refractivity contribution in [3.63, 3.8) is 0 Å². The van der Waals surface area contributed by atoms with E-state index in [2.05, 4.69) is 25.8 Å². The molecule has 9 heteroatoms. The van der Waals surface area contributed by atoms with E-state index in [0.29, 0.717) is 26.9 Å². The van der Waals surface area contributed by atoms with E-state index < -0.39 is 0 Å². The van der Waals surface area contributed by atoms with E-state index in [4.69, 9.17) is 23.2 Å². The maximum atomic E-state index is 12.7. The van der Waals surface area contributed by atoms with Gasteiger partial charge in [0.1, 0.15) is 5.69 Å². The summed E-state index contributed by atoms with van der Waals surface area (Å²) < 4.78 is 1.61. The van der Waals surface area contributed by atoms with Crippen LogP contribution in [-0.4, -0.2) is 31.1 Å². The molecule has 0 fully saturated rings. The number of fused-ring (bicyclic) bond motifs is 1. The van der Waals surface area contributed by atoms with Crippen LogP contribution in [0.3, 0.4) is 0 Å². The molecule has 1 amide bonds. The minimum absolute atomic E-state index is 0.273. The third-order valence-electron chi connectivity index (χ3n) is 4.24. The van der Waals surface area contributed by atoms with Crippen molar-refractivity contribution < 1.29 is 4.79 Å². The predicted molar refractivity (Wildman–Crippen MR) is 105 cm³/mol. The van der Waals surface area contributed by atoms with Crippen LogP contribution in [0.1, 0.15) is 21.9 Å². The highest BCUT2D eigenvalue weighted by Crippen LogP contribution is 2.30. The Kier molecular flexibility index (Phi) is 4.33. The SMILES string of the molecule is Cc1ccc(NC(=O)c2[nH]c3ccc(Cl)cc3c2Cl)cc1-n1nnnc1C. The van der Waals surface area contributed by atoms with Gasteiger partial charge in [-0.3, -0.25) is 4.79 Å². The van der Waals surface area contributed by atoms with Gasteiger partial charge in [0.05, 0.1) is 10.7 Å². The average molecular weight is 401 g/mol. The Labute approximate surface area is 164 Å². The summed E-state index contributed by atoms with van der Waals surface area (Å²) in [7, 11) is 0. The molecule has 0 radical (unpaired) electrons. The first-order valence-electron chi connectivity index (χ1n) is 8.08. The standard InChI is InChI=1S/C18H14Cl2N6O/c1-9-3-5-12(8-15(9)26-10(2)23-24-25-26)21-18(27)17-16(20)13-7-11(19)4-6-14(13)22-17/h3-8,22H,1-2H3,(H,21,27). The molecular weight excluding hydrogens is 387 g/mol. The first kappa shape index (κ1) is 17.5. The quantitative estimate of drug-likeness (QED) is 0.535. The fraction of sp³-hybridized carbons (Fsp3) is 0.111. The Morgan fingerprint density at radius 2 is 1.96 bits per heavy atom. The van der Waals surface area contributed by atoms with Gasteiger partial charge in [-0.1, -0.05) is 29.3 Å². The largest absolute Gasteiger partial charge is 0.349 e. The predicted octanol–water partition coefficient (Wildman–Crippen LogP) is 4.32. The zero-order valence-corrected chi connectivity index (χ0v) is 15.9. The van der Waals surface area contributed by atoms with Crippen LogP contribution in [0.15, 0.2) is 36.4 Å². The van der Waals surface area contributed by atoms with Gasteiger partial charge in [0.25, 0.3) is 5.91 Å². The molecule has 0 aliphatic heterocycles. The molecular formula is C18H14Cl2N6O. The molecule has 2 N–H and O–H groups in total. The lowest BCUT2D eigenvalue weighted by molar-refractivity contribution is 0.102. The van der Waals surface area contributed by atoms with Crippen LogP contribution in [0.5, 0.6) is 0 Å². The van der Waals surface area contributed by atoms with Crippen molar-refractivity contribution in [3.05, 3.63) is 63.5 Å². The molecule has 2 aromatic heterocycles. The Balaban J connectivity index is 1.68. The minimum Gasteiger partial charge on any atom is -0.349 e. The van der Waals surface area contributed by atoms with Crippen molar-refractivity contribution in [3.8, 4) is 5.69 Å². The number of rotatable bonds is 3. The number of tetrazole rings is 1. The van der Waals surface area contributed by atoms with Crippen molar-refractivity contribution in [2.45, 2.75) is 13.8 Å². The first-order valence-corrected chi connectivity index (χ1v) is 8.83. The fourth-order valence-electron chi connectivity index (χ4n) is 2.85. The van der Waals surface area contributed by atoms with Crippen LogP contribution >= 0.6 is 23.2 Å². The average Bonchev–Trinajstić information content (AvgIpc) is 3.20. The second-order valence-electron chi connectivity index (χ2n) is 6.10. The van der Waals surface area contributed by atoms with Gasteiger partial charge in [-0.2, -0.15) is 4.68 Å². The van der Waals surface area contributed by atoms with Crippen molar-refractivity contribution >= 4 is 45.7 Å². The topological polar surface area (TPSA) is 88.5 Å². The van der Waals surface area contributed by atoms with Gasteiger partial charge >= 0.3 is 0 Å². The summed E-state index contributed by atoms with van der Waals surface area (Å²) in [6, 6.07) is 10.7. The lowest BCUT2D eigenvalue weighted by atomic mass is 10.1. The van der Waals surface area contributed by atoms with Gasteiger partial charge in [-0.25, -0.2) is 0 Å². The molecule has 0 aliphatic carbocycles. The maximum Gasteiger partial charge on any atom is 0.273 e. The van der Waals surface area contributed by atoms with E-state index in [1.807, 2.05) is 25.1 Å². The normalized spacial score (nSPS) is 11.1. The Morgan fingerprint density at radius 3 is 2.70 bits per heavy atom. The van der Waals surface area contributed by atoms with Gasteiger partial charge in [0, 0.05) is 21.6 Å². The number of aryl methyl sites for hydroxylation is 2. The van der Waals surface area contributed by atoms with E-state index in [1.165, 1.54) is 0 Å². The highest BCUT2D eigenvalue weighted by Gasteiger charge is 2.17. The van der Waals surface area contributed by atoms with Crippen LogP contribution in [0.2, 0.25) is 10.0 Å². The lowest BCUT2D eigenvalue weighted by Gasteiger charge is -2.10. The molecule has 2 heterocycles. The summed E-state index contributed by atoms with van der Waals surface area (Å²) in [5.41, 5.74) is 3.37. The second-order valence-corrected chi connectivity index (χ2v) is 6.91. The number of nitrogens with one attached hydrogen (secondary N) is 2. The summed E-state index contributed by atoms with van der Waals surface area (Å²) in [4.78, 5) is 15.8. The fourth-order valence-corrected chi connectivity index (χ4v) is 3.31. The monoisotopic (exact) mass is 400 g/mol. The van der Waals surface area contributed by atoms with Gasteiger partial charge < -0.3 is 10.3 Å². The molecule has 27 heavy (non-hydrogen) atoms. The Bertz CT molecular complexity index is 1180. The van der Waals surface area contributed by atoms with Crippen LogP contribution in [0.25, 0.3) is 16.6 Å². The van der Waals surface area contributed by atoms with Crippen LogP contribution in [0, 0.1) is 13.8 Å². The van der Waals surface area contributed by atoms with E-state index in [-0.39, 0.29) is 11.6 Å². The summed E-state index contributed by atoms with van der Waals surface area (Å²) in [6.07, 6.45) is 0. The number of halogens is 2. The number of H-pyrrole nitrogens is 1. The number of anilines is 1. The number of aromatic nitrogens is 5. The number of benzene rings is 2. The lowest BCUT2D eigenvalue weighted by Crippen LogP contribution is -2.13. The molecule has 0 saturated carbocycles. The molecule has 7 nitrogen and oxygen atoms in total. The van der Waals surface area contributed by atoms with Crippen LogP contribution in [0.4, 0.5) is 5.69 Å². The number of hydrogen-bond acceptors (Lipinski definition) is 4. The summed E-state index contributed by atoms with van der Waals surface area (Å²) >= 11 is 12.4. The first-order chi connectivity index (χ1) is 12.9. The summed E-state index contributed by atoms with van der Waals surface area (Å²) in [5, 5.41) is 16.0. The Morgan fingerprint density at radius 1 is 1.15 bits per heavy atom. The number of aromatic amines is 1. The maximum absolute atomic E-state index is 12.7. The molecule has 0 bridgehead atoms. The third-order valence-corrected chi connectivity index (χ3v) is 4.87. The zero-order chi connectivity index (χ0) is 19.1. The van der Waals surface area contributed by atoms with E-state index in [1.54, 1.807) is 29.8 Å².